The van der Waals surface area contributed by atoms with Crippen molar-refractivity contribution in [2.75, 3.05) is 14.2 Å². The average Bonchev–Trinajstić information content (AvgIpc) is 2.48. The minimum absolute atomic E-state index is 0.0351. The average molecular weight is 421 g/mol. The molecular weight excluding hydrogens is 407 g/mol. The molecule has 0 amide bonds. The highest BCUT2D eigenvalue weighted by atomic mass is 79.9. The molecule has 0 aliphatic heterocycles. The Bertz CT molecular complexity index is 617. The monoisotopic (exact) mass is 418 g/mol. The second-order valence-corrected chi connectivity index (χ2v) is 6.33. The van der Waals surface area contributed by atoms with E-state index >= 15 is 0 Å². The molecule has 2 rings (SSSR count). The lowest BCUT2D eigenvalue weighted by Gasteiger charge is -2.14. The van der Waals surface area contributed by atoms with Gasteiger partial charge in [-0.3, -0.25) is 0 Å². The van der Waals surface area contributed by atoms with Crippen LogP contribution in [-0.2, 0) is 0 Å². The molecule has 0 saturated heterocycles. The molecule has 106 valence electrons. The Balaban J connectivity index is 2.37. The fraction of sp³-hybridized carbons (Fsp3) is 0.200. The van der Waals surface area contributed by atoms with Gasteiger partial charge in [0.2, 0.25) is 0 Å². The van der Waals surface area contributed by atoms with Crippen molar-refractivity contribution in [1.82, 2.24) is 0 Å². The summed E-state index contributed by atoms with van der Waals surface area (Å²) in [6.45, 7) is 0. The van der Waals surface area contributed by atoms with E-state index in [1.807, 2.05) is 36.4 Å². The number of hydrogen-bond donors (Lipinski definition) is 0. The summed E-state index contributed by atoms with van der Waals surface area (Å²) < 4.78 is 11.5. The fourth-order valence-corrected chi connectivity index (χ4v) is 2.88. The van der Waals surface area contributed by atoms with Crippen molar-refractivity contribution in [3.05, 3.63) is 57.0 Å². The molecule has 0 aliphatic rings. The standard InChI is InChI=1S/C15H13Br2ClO2/c1-19-13-6-4-10(8-14(13)20-2)15(17)9-3-5-11(16)12(18)7-9/h3-8,15H,1-2H3. The van der Waals surface area contributed by atoms with Crippen molar-refractivity contribution in [3.63, 3.8) is 0 Å². The van der Waals surface area contributed by atoms with Crippen molar-refractivity contribution in [3.8, 4) is 11.5 Å². The molecule has 20 heavy (non-hydrogen) atoms. The number of benzene rings is 2. The number of hydrogen-bond acceptors (Lipinski definition) is 2. The minimum Gasteiger partial charge on any atom is -0.493 e. The van der Waals surface area contributed by atoms with Gasteiger partial charge in [-0.05, 0) is 51.3 Å². The second-order valence-electron chi connectivity index (χ2n) is 4.15. The molecule has 0 spiro atoms. The predicted molar refractivity (Wildman–Crippen MR) is 89.5 cm³/mol. The highest BCUT2D eigenvalue weighted by molar-refractivity contribution is 9.10. The van der Waals surface area contributed by atoms with E-state index in [-0.39, 0.29) is 4.83 Å². The molecule has 0 fully saturated rings. The van der Waals surface area contributed by atoms with Gasteiger partial charge in [-0.15, -0.1) is 0 Å². The van der Waals surface area contributed by atoms with Gasteiger partial charge in [0.1, 0.15) is 0 Å². The first-order chi connectivity index (χ1) is 9.56. The van der Waals surface area contributed by atoms with Crippen molar-refractivity contribution in [2.24, 2.45) is 0 Å². The quantitative estimate of drug-likeness (QED) is 0.599. The molecule has 0 aliphatic carbocycles. The van der Waals surface area contributed by atoms with Crippen molar-refractivity contribution in [2.45, 2.75) is 4.83 Å². The Kier molecular flexibility index (Phi) is 5.35. The smallest absolute Gasteiger partial charge is 0.161 e. The van der Waals surface area contributed by atoms with Crippen LogP contribution in [-0.4, -0.2) is 14.2 Å². The highest BCUT2D eigenvalue weighted by Crippen LogP contribution is 2.38. The van der Waals surface area contributed by atoms with Crippen LogP contribution in [0, 0.1) is 0 Å². The van der Waals surface area contributed by atoms with Crippen molar-refractivity contribution < 1.29 is 9.47 Å². The van der Waals surface area contributed by atoms with E-state index in [0.717, 1.165) is 15.6 Å². The van der Waals surface area contributed by atoms with Gasteiger partial charge in [-0.2, -0.15) is 0 Å². The van der Waals surface area contributed by atoms with E-state index in [4.69, 9.17) is 21.1 Å². The lowest BCUT2D eigenvalue weighted by atomic mass is 10.0. The summed E-state index contributed by atoms with van der Waals surface area (Å²) in [6.07, 6.45) is 0. The summed E-state index contributed by atoms with van der Waals surface area (Å²) in [7, 11) is 3.25. The summed E-state index contributed by atoms with van der Waals surface area (Å²) >= 11 is 13.2. The van der Waals surface area contributed by atoms with E-state index in [1.54, 1.807) is 14.2 Å². The van der Waals surface area contributed by atoms with Gasteiger partial charge in [0.25, 0.3) is 0 Å². The molecule has 2 aromatic carbocycles. The lowest BCUT2D eigenvalue weighted by Crippen LogP contribution is -1.96. The van der Waals surface area contributed by atoms with Crippen molar-refractivity contribution >= 4 is 43.5 Å². The maximum atomic E-state index is 6.14. The molecule has 1 unspecified atom stereocenters. The van der Waals surface area contributed by atoms with Gasteiger partial charge in [0.15, 0.2) is 11.5 Å². The molecule has 0 bridgehead atoms. The second kappa shape index (κ2) is 6.83. The molecule has 2 nitrogen and oxygen atoms in total. The Morgan fingerprint density at radius 2 is 1.55 bits per heavy atom. The van der Waals surface area contributed by atoms with Gasteiger partial charge in [-0.25, -0.2) is 0 Å². The normalized spacial score (nSPS) is 12.1. The third-order valence-electron chi connectivity index (χ3n) is 2.94. The fourth-order valence-electron chi connectivity index (χ4n) is 1.87. The maximum absolute atomic E-state index is 6.14. The summed E-state index contributed by atoms with van der Waals surface area (Å²) in [5, 5.41) is 0.687. The van der Waals surface area contributed by atoms with Gasteiger partial charge >= 0.3 is 0 Å². The van der Waals surface area contributed by atoms with Gasteiger partial charge < -0.3 is 9.47 Å². The van der Waals surface area contributed by atoms with Crippen LogP contribution in [0.3, 0.4) is 0 Å². The van der Waals surface area contributed by atoms with Crippen LogP contribution in [0.25, 0.3) is 0 Å². The molecular formula is C15H13Br2ClO2. The van der Waals surface area contributed by atoms with E-state index < -0.39 is 0 Å². The zero-order valence-electron chi connectivity index (χ0n) is 11.0. The Morgan fingerprint density at radius 3 is 2.15 bits per heavy atom. The van der Waals surface area contributed by atoms with E-state index in [0.29, 0.717) is 16.5 Å². The van der Waals surface area contributed by atoms with Gasteiger partial charge in [-0.1, -0.05) is 39.7 Å². The first-order valence-corrected chi connectivity index (χ1v) is 7.96. The van der Waals surface area contributed by atoms with Crippen LogP contribution in [0.4, 0.5) is 0 Å². The Morgan fingerprint density at radius 1 is 0.950 bits per heavy atom. The van der Waals surface area contributed by atoms with Crippen LogP contribution in [0.5, 0.6) is 11.5 Å². The SMILES string of the molecule is COc1ccc(C(Br)c2ccc(Br)c(Cl)c2)cc1OC. The predicted octanol–water partition coefficient (Wildman–Crippen LogP) is 5.60. The first kappa shape index (κ1) is 15.7. The summed E-state index contributed by atoms with van der Waals surface area (Å²) in [5.41, 5.74) is 2.14. The number of alkyl halides is 1. The van der Waals surface area contributed by atoms with Crippen LogP contribution < -0.4 is 9.47 Å². The number of halogens is 3. The summed E-state index contributed by atoms with van der Waals surface area (Å²) in [4.78, 5) is 0.0351. The topological polar surface area (TPSA) is 18.5 Å². The Labute approximate surface area is 140 Å². The van der Waals surface area contributed by atoms with E-state index in [9.17, 15) is 0 Å². The summed E-state index contributed by atoms with van der Waals surface area (Å²) in [5.74, 6) is 1.42. The third kappa shape index (κ3) is 3.30. The van der Waals surface area contributed by atoms with E-state index in [1.165, 1.54) is 0 Å². The zero-order chi connectivity index (χ0) is 14.7. The van der Waals surface area contributed by atoms with Crippen LogP contribution in [0.1, 0.15) is 16.0 Å². The number of rotatable bonds is 4. The molecule has 0 radical (unpaired) electrons. The third-order valence-corrected chi connectivity index (χ3v) is 5.23. The van der Waals surface area contributed by atoms with Crippen LogP contribution in [0.15, 0.2) is 40.9 Å². The Hall–Kier alpha value is -0.710. The summed E-state index contributed by atoms with van der Waals surface area (Å²) in [6, 6.07) is 11.7. The lowest BCUT2D eigenvalue weighted by molar-refractivity contribution is 0.354. The highest BCUT2D eigenvalue weighted by Gasteiger charge is 2.14. The molecule has 0 heterocycles. The maximum Gasteiger partial charge on any atom is 0.161 e. The van der Waals surface area contributed by atoms with Crippen molar-refractivity contribution in [1.29, 1.82) is 0 Å². The molecule has 2 aromatic rings. The van der Waals surface area contributed by atoms with Gasteiger partial charge in [0.05, 0.1) is 24.1 Å². The van der Waals surface area contributed by atoms with Crippen LogP contribution in [0.2, 0.25) is 5.02 Å². The molecule has 0 aromatic heterocycles. The first-order valence-electron chi connectivity index (χ1n) is 5.87. The largest absolute Gasteiger partial charge is 0.493 e. The number of ether oxygens (including phenoxy) is 2. The van der Waals surface area contributed by atoms with E-state index in [2.05, 4.69) is 31.9 Å². The molecule has 5 heteroatoms. The molecule has 0 saturated carbocycles. The molecule has 1 atom stereocenters. The minimum atomic E-state index is 0.0351. The number of methoxy groups -OCH3 is 2. The van der Waals surface area contributed by atoms with Crippen LogP contribution >= 0.6 is 43.5 Å². The van der Waals surface area contributed by atoms with Gasteiger partial charge in [0, 0.05) is 4.47 Å². The zero-order valence-corrected chi connectivity index (χ0v) is 14.9. The molecule has 0 N–H and O–H groups in total.